The Kier molecular flexibility index (Phi) is 5.78. The van der Waals surface area contributed by atoms with Crippen LogP contribution >= 0.6 is 27.3 Å². The van der Waals surface area contributed by atoms with Crippen LogP contribution in [0.2, 0.25) is 0 Å². The number of carbonyl (C=O) groups excluding carboxylic acids is 1. The molecule has 1 fully saturated rings. The molecule has 0 saturated heterocycles. The van der Waals surface area contributed by atoms with Crippen LogP contribution in [0.15, 0.2) is 58.4 Å². The molecule has 6 heteroatoms. The molecule has 0 atom stereocenters. The fraction of sp³-hybridized carbons (Fsp3) is 0.273. The van der Waals surface area contributed by atoms with Gasteiger partial charge in [-0.3, -0.25) is 4.79 Å². The predicted octanol–water partition coefficient (Wildman–Crippen LogP) is 5.31. The number of ether oxygens (including phenoxy) is 1. The SMILES string of the molecule is COc1ccc(CN(C(=O)Cc2csc(-c3cccc(Br)c3)n2)C2CC2)cc1. The number of carbonyl (C=O) groups is 1. The van der Waals surface area contributed by atoms with E-state index in [0.29, 0.717) is 19.0 Å². The second-order valence-electron chi connectivity index (χ2n) is 6.93. The van der Waals surface area contributed by atoms with E-state index in [9.17, 15) is 4.79 Å². The monoisotopic (exact) mass is 456 g/mol. The fourth-order valence-corrected chi connectivity index (χ4v) is 4.35. The summed E-state index contributed by atoms with van der Waals surface area (Å²) in [7, 11) is 1.66. The Morgan fingerprint density at radius 1 is 1.25 bits per heavy atom. The molecule has 4 nitrogen and oxygen atoms in total. The van der Waals surface area contributed by atoms with E-state index < -0.39 is 0 Å². The van der Waals surface area contributed by atoms with E-state index in [1.54, 1.807) is 18.4 Å². The van der Waals surface area contributed by atoms with Gasteiger partial charge in [0.15, 0.2) is 0 Å². The normalized spacial score (nSPS) is 13.4. The van der Waals surface area contributed by atoms with Gasteiger partial charge in [-0.15, -0.1) is 11.3 Å². The summed E-state index contributed by atoms with van der Waals surface area (Å²) < 4.78 is 6.24. The molecule has 2 aromatic carbocycles. The van der Waals surface area contributed by atoms with Crippen molar-refractivity contribution >= 4 is 33.2 Å². The number of aromatic nitrogens is 1. The number of hydrogen-bond donors (Lipinski definition) is 0. The molecule has 1 saturated carbocycles. The summed E-state index contributed by atoms with van der Waals surface area (Å²) in [6.07, 6.45) is 2.52. The van der Waals surface area contributed by atoms with Crippen molar-refractivity contribution in [3.05, 3.63) is 69.6 Å². The number of nitrogens with zero attached hydrogens (tertiary/aromatic N) is 2. The molecule has 0 bridgehead atoms. The van der Waals surface area contributed by atoms with Crippen LogP contribution in [0.3, 0.4) is 0 Å². The average Bonchev–Trinajstić information content (AvgIpc) is 3.44. The Balaban J connectivity index is 1.45. The summed E-state index contributed by atoms with van der Waals surface area (Å²) in [4.78, 5) is 19.7. The zero-order valence-electron chi connectivity index (χ0n) is 15.6. The van der Waals surface area contributed by atoms with Crippen molar-refractivity contribution in [1.82, 2.24) is 9.88 Å². The second kappa shape index (κ2) is 8.45. The Bertz CT molecular complexity index is 967. The highest BCUT2D eigenvalue weighted by atomic mass is 79.9. The van der Waals surface area contributed by atoms with Gasteiger partial charge in [0, 0.05) is 28.0 Å². The summed E-state index contributed by atoms with van der Waals surface area (Å²) in [6.45, 7) is 0.635. The number of hydrogen-bond acceptors (Lipinski definition) is 4. The number of amides is 1. The Labute approximate surface area is 177 Å². The maximum atomic E-state index is 13.0. The van der Waals surface area contributed by atoms with Gasteiger partial charge in [-0.25, -0.2) is 4.98 Å². The molecule has 144 valence electrons. The molecule has 1 aliphatic carbocycles. The third-order valence-electron chi connectivity index (χ3n) is 4.78. The van der Waals surface area contributed by atoms with Gasteiger partial charge in [0.25, 0.3) is 0 Å². The van der Waals surface area contributed by atoms with Gasteiger partial charge in [-0.2, -0.15) is 0 Å². The van der Waals surface area contributed by atoms with E-state index in [1.807, 2.05) is 58.8 Å². The zero-order valence-corrected chi connectivity index (χ0v) is 18.0. The van der Waals surface area contributed by atoms with E-state index in [4.69, 9.17) is 4.74 Å². The van der Waals surface area contributed by atoms with Gasteiger partial charge in [-0.05, 0) is 42.7 Å². The standard InChI is InChI=1S/C22H21BrN2O2S/c1-27-20-9-5-15(6-10-20)13-25(19-7-8-19)21(26)12-18-14-28-22(24-18)16-3-2-4-17(23)11-16/h2-6,9-11,14,19H,7-8,12-13H2,1H3. The van der Waals surface area contributed by atoms with Gasteiger partial charge >= 0.3 is 0 Å². The van der Waals surface area contributed by atoms with Crippen molar-refractivity contribution in [2.75, 3.05) is 7.11 Å². The van der Waals surface area contributed by atoms with Crippen LogP contribution < -0.4 is 4.74 Å². The van der Waals surface area contributed by atoms with Crippen molar-refractivity contribution in [1.29, 1.82) is 0 Å². The van der Waals surface area contributed by atoms with Crippen LogP contribution in [0.1, 0.15) is 24.1 Å². The lowest BCUT2D eigenvalue weighted by Gasteiger charge is -2.22. The summed E-state index contributed by atoms with van der Waals surface area (Å²) in [6, 6.07) is 16.4. The third kappa shape index (κ3) is 4.62. The number of methoxy groups -OCH3 is 1. The molecule has 28 heavy (non-hydrogen) atoms. The summed E-state index contributed by atoms with van der Waals surface area (Å²) >= 11 is 5.08. The zero-order chi connectivity index (χ0) is 19.5. The molecule has 1 aromatic heterocycles. The molecule has 1 heterocycles. The van der Waals surface area contributed by atoms with E-state index in [2.05, 4.69) is 20.9 Å². The number of rotatable bonds is 7. The van der Waals surface area contributed by atoms with Gasteiger partial charge in [0.2, 0.25) is 5.91 Å². The minimum Gasteiger partial charge on any atom is -0.497 e. The first-order chi connectivity index (χ1) is 13.6. The largest absolute Gasteiger partial charge is 0.497 e. The minimum absolute atomic E-state index is 0.143. The maximum absolute atomic E-state index is 13.0. The van der Waals surface area contributed by atoms with E-state index >= 15 is 0 Å². The van der Waals surface area contributed by atoms with Crippen molar-refractivity contribution in [2.24, 2.45) is 0 Å². The van der Waals surface area contributed by atoms with Crippen molar-refractivity contribution in [3.8, 4) is 16.3 Å². The summed E-state index contributed by atoms with van der Waals surface area (Å²) in [5.74, 6) is 0.972. The van der Waals surface area contributed by atoms with E-state index in [-0.39, 0.29) is 5.91 Å². The first-order valence-electron chi connectivity index (χ1n) is 9.25. The molecule has 1 aliphatic rings. The number of thiazole rings is 1. The Morgan fingerprint density at radius 3 is 2.71 bits per heavy atom. The minimum atomic E-state index is 0.143. The highest BCUT2D eigenvalue weighted by Gasteiger charge is 2.32. The van der Waals surface area contributed by atoms with Crippen molar-refractivity contribution < 1.29 is 9.53 Å². The van der Waals surface area contributed by atoms with Crippen LogP contribution in [-0.2, 0) is 17.8 Å². The molecule has 0 radical (unpaired) electrons. The quantitative estimate of drug-likeness (QED) is 0.483. The fourth-order valence-electron chi connectivity index (χ4n) is 3.13. The van der Waals surface area contributed by atoms with Gasteiger partial charge in [0.05, 0.1) is 19.2 Å². The number of benzene rings is 2. The summed E-state index contributed by atoms with van der Waals surface area (Å²) in [5.41, 5.74) is 3.02. The van der Waals surface area contributed by atoms with Crippen LogP contribution in [0.5, 0.6) is 5.75 Å². The van der Waals surface area contributed by atoms with Gasteiger partial charge < -0.3 is 9.64 Å². The van der Waals surface area contributed by atoms with E-state index in [0.717, 1.165) is 44.9 Å². The van der Waals surface area contributed by atoms with Crippen molar-refractivity contribution in [2.45, 2.75) is 31.8 Å². The molecule has 0 aliphatic heterocycles. The van der Waals surface area contributed by atoms with Crippen LogP contribution in [-0.4, -0.2) is 28.9 Å². The molecule has 0 N–H and O–H groups in total. The van der Waals surface area contributed by atoms with Crippen molar-refractivity contribution in [3.63, 3.8) is 0 Å². The molecule has 4 rings (SSSR count). The van der Waals surface area contributed by atoms with Gasteiger partial charge in [-0.1, -0.05) is 40.2 Å². The highest BCUT2D eigenvalue weighted by molar-refractivity contribution is 9.10. The number of halogens is 1. The molecule has 0 spiro atoms. The molecular formula is C22H21BrN2O2S. The molecule has 0 unspecified atom stereocenters. The van der Waals surface area contributed by atoms with Crippen LogP contribution in [0, 0.1) is 0 Å². The smallest absolute Gasteiger partial charge is 0.229 e. The lowest BCUT2D eigenvalue weighted by Crippen LogP contribution is -2.33. The molecular weight excluding hydrogens is 436 g/mol. The second-order valence-corrected chi connectivity index (χ2v) is 8.71. The lowest BCUT2D eigenvalue weighted by molar-refractivity contribution is -0.131. The van der Waals surface area contributed by atoms with E-state index in [1.165, 1.54) is 0 Å². The van der Waals surface area contributed by atoms with Crippen LogP contribution in [0.4, 0.5) is 0 Å². The third-order valence-corrected chi connectivity index (χ3v) is 6.21. The summed E-state index contributed by atoms with van der Waals surface area (Å²) in [5, 5.41) is 2.93. The average molecular weight is 457 g/mol. The maximum Gasteiger partial charge on any atom is 0.229 e. The topological polar surface area (TPSA) is 42.4 Å². The Hall–Kier alpha value is -2.18. The molecule has 1 amide bonds. The first-order valence-corrected chi connectivity index (χ1v) is 10.9. The van der Waals surface area contributed by atoms with Crippen LogP contribution in [0.25, 0.3) is 10.6 Å². The lowest BCUT2D eigenvalue weighted by atomic mass is 10.2. The van der Waals surface area contributed by atoms with Gasteiger partial charge in [0.1, 0.15) is 10.8 Å². The molecule has 3 aromatic rings. The first kappa shape index (κ1) is 19.2. The highest BCUT2D eigenvalue weighted by Crippen LogP contribution is 2.30. The Morgan fingerprint density at radius 2 is 2.04 bits per heavy atom. The predicted molar refractivity (Wildman–Crippen MR) is 116 cm³/mol.